The Morgan fingerprint density at radius 2 is 1.57 bits per heavy atom. The molecule has 0 aromatic heterocycles. The molecule has 0 atom stereocenters. The maximum atomic E-state index is 3.56. The van der Waals surface area contributed by atoms with Crippen molar-refractivity contribution in [3.8, 4) is 0 Å². The SMILES string of the molecule is [CH2-]C=C([CH2-])C.[Li+].[Li+]. The van der Waals surface area contributed by atoms with Gasteiger partial charge in [0.15, 0.2) is 0 Å². The second kappa shape index (κ2) is 9.84. The van der Waals surface area contributed by atoms with Crippen LogP contribution in [0.15, 0.2) is 11.6 Å². The van der Waals surface area contributed by atoms with E-state index in [-0.39, 0.29) is 37.7 Å². The van der Waals surface area contributed by atoms with Gasteiger partial charge < -0.3 is 25.5 Å². The molecule has 0 unspecified atom stereocenters. The first-order valence-corrected chi connectivity index (χ1v) is 1.55. The Morgan fingerprint density at radius 1 is 1.43 bits per heavy atom. The van der Waals surface area contributed by atoms with E-state index in [0.29, 0.717) is 0 Å². The van der Waals surface area contributed by atoms with Gasteiger partial charge in [-0.25, -0.2) is 0 Å². The van der Waals surface area contributed by atoms with Crippen molar-refractivity contribution >= 4 is 0 Å². The summed E-state index contributed by atoms with van der Waals surface area (Å²) in [5.41, 5.74) is 1.02. The molecule has 0 rings (SSSR count). The Kier molecular flexibility index (Phi) is 22.0. The quantitative estimate of drug-likeness (QED) is 0.204. The van der Waals surface area contributed by atoms with Crippen LogP contribution < -0.4 is 37.7 Å². The third-order valence-corrected chi connectivity index (χ3v) is 0.348. The molecule has 0 saturated heterocycles. The number of hydrogen-bond donors (Lipinski definition) is 0. The fourth-order valence-corrected chi connectivity index (χ4v) is 0. The van der Waals surface area contributed by atoms with Crippen LogP contribution in [0, 0.1) is 13.8 Å². The molecular formula is C5H8Li2. The van der Waals surface area contributed by atoms with Crippen molar-refractivity contribution in [2.24, 2.45) is 0 Å². The Morgan fingerprint density at radius 3 is 1.57 bits per heavy atom. The van der Waals surface area contributed by atoms with E-state index in [2.05, 4.69) is 13.8 Å². The van der Waals surface area contributed by atoms with Crippen molar-refractivity contribution in [2.45, 2.75) is 6.92 Å². The summed E-state index contributed by atoms with van der Waals surface area (Å²) in [5.74, 6) is 0. The number of hydrogen-bond acceptors (Lipinski definition) is 0. The number of rotatable bonds is 0. The first-order valence-electron chi connectivity index (χ1n) is 1.55. The topological polar surface area (TPSA) is 0 Å². The van der Waals surface area contributed by atoms with Gasteiger partial charge in [-0.1, -0.05) is 0 Å². The molecule has 0 aromatic carbocycles. The maximum absolute atomic E-state index is 3.56. The Hall–Kier alpha value is 0.675. The van der Waals surface area contributed by atoms with E-state index in [1.165, 1.54) is 0 Å². The second-order valence-corrected chi connectivity index (χ2v) is 1.05. The summed E-state index contributed by atoms with van der Waals surface area (Å²) in [7, 11) is 0. The van der Waals surface area contributed by atoms with Crippen molar-refractivity contribution in [3.63, 3.8) is 0 Å². The summed E-state index contributed by atoms with van der Waals surface area (Å²) in [6.45, 7) is 8.93. The third-order valence-electron chi connectivity index (χ3n) is 0.348. The molecule has 2 heteroatoms. The predicted octanol–water partition coefficient (Wildman–Crippen LogP) is -4.39. The van der Waals surface area contributed by atoms with E-state index >= 15 is 0 Å². The van der Waals surface area contributed by atoms with E-state index < -0.39 is 0 Å². The van der Waals surface area contributed by atoms with Crippen molar-refractivity contribution < 1.29 is 37.7 Å². The molecule has 30 valence electrons. The summed E-state index contributed by atoms with van der Waals surface area (Å²) in [6, 6.07) is 0. The molecule has 0 heterocycles. The van der Waals surface area contributed by atoms with Gasteiger partial charge in [-0.3, -0.25) is 0 Å². The third kappa shape index (κ3) is 20.4. The fraction of sp³-hybridized carbons (Fsp3) is 0.200. The first kappa shape index (κ1) is 15.6. The van der Waals surface area contributed by atoms with Gasteiger partial charge in [0.05, 0.1) is 0 Å². The van der Waals surface area contributed by atoms with Crippen LogP contribution in [0.3, 0.4) is 0 Å². The zero-order valence-corrected chi connectivity index (χ0v) is 5.49. The molecule has 7 heavy (non-hydrogen) atoms. The maximum Gasteiger partial charge on any atom is 1.00 e. The molecule has 0 amide bonds. The van der Waals surface area contributed by atoms with Crippen LogP contribution in [0.25, 0.3) is 0 Å². The van der Waals surface area contributed by atoms with Gasteiger partial charge in [0.1, 0.15) is 0 Å². The molecule has 0 aromatic rings. The molecule has 0 N–H and O–H groups in total. The van der Waals surface area contributed by atoms with Crippen LogP contribution in [0.4, 0.5) is 0 Å². The van der Waals surface area contributed by atoms with E-state index in [0.717, 1.165) is 5.57 Å². The molecule has 0 radical (unpaired) electrons. The zero-order chi connectivity index (χ0) is 4.28. The molecular weight excluding hydrogens is 73.9 g/mol. The van der Waals surface area contributed by atoms with Crippen LogP contribution in [0.1, 0.15) is 6.92 Å². The van der Waals surface area contributed by atoms with E-state index in [1.807, 2.05) is 6.92 Å². The fourth-order valence-electron chi connectivity index (χ4n) is 0. The summed E-state index contributed by atoms with van der Waals surface area (Å²) in [5, 5.41) is 0. The number of allylic oxidation sites excluding steroid dienone is 2. The molecule has 0 saturated carbocycles. The molecule has 0 fully saturated rings. The van der Waals surface area contributed by atoms with Crippen LogP contribution in [0.5, 0.6) is 0 Å². The standard InChI is InChI=1S/C5H8.2Li/c1-4-5(2)3;;/h4H,1-2H2,3H3;;/q-2;2*+1. The van der Waals surface area contributed by atoms with E-state index in [1.54, 1.807) is 6.08 Å². The minimum Gasteiger partial charge on any atom is -0.379 e. The Labute approximate surface area is 70.1 Å². The van der Waals surface area contributed by atoms with Crippen LogP contribution in [-0.2, 0) is 0 Å². The zero-order valence-electron chi connectivity index (χ0n) is 5.49. The summed E-state index contributed by atoms with van der Waals surface area (Å²) in [6.07, 6.45) is 1.72. The summed E-state index contributed by atoms with van der Waals surface area (Å²) < 4.78 is 0. The van der Waals surface area contributed by atoms with Gasteiger partial charge in [0.25, 0.3) is 0 Å². The van der Waals surface area contributed by atoms with Gasteiger partial charge in [-0.05, 0) is 0 Å². The summed E-state index contributed by atoms with van der Waals surface area (Å²) in [4.78, 5) is 0. The monoisotopic (exact) mass is 82.1 g/mol. The summed E-state index contributed by atoms with van der Waals surface area (Å²) >= 11 is 0. The largest absolute Gasteiger partial charge is 1.00 e. The minimum atomic E-state index is 0. The molecule has 0 aliphatic rings. The van der Waals surface area contributed by atoms with Gasteiger partial charge in [-0.2, -0.15) is 0 Å². The smallest absolute Gasteiger partial charge is 0.379 e. The Balaban J connectivity index is -0.0000000800. The van der Waals surface area contributed by atoms with E-state index in [9.17, 15) is 0 Å². The average molecular weight is 82.0 g/mol. The average Bonchev–Trinajstić information content (AvgIpc) is 1.38. The molecule has 0 bridgehead atoms. The van der Waals surface area contributed by atoms with Crippen molar-refractivity contribution in [1.82, 2.24) is 0 Å². The van der Waals surface area contributed by atoms with Gasteiger partial charge in [0, 0.05) is 0 Å². The minimum absolute atomic E-state index is 0. The molecule has 0 aliphatic carbocycles. The molecule has 0 aliphatic heterocycles. The second-order valence-electron chi connectivity index (χ2n) is 1.05. The predicted molar refractivity (Wildman–Crippen MR) is 24.5 cm³/mol. The van der Waals surface area contributed by atoms with Crippen molar-refractivity contribution in [2.75, 3.05) is 0 Å². The van der Waals surface area contributed by atoms with E-state index in [4.69, 9.17) is 0 Å². The van der Waals surface area contributed by atoms with Gasteiger partial charge in [-0.15, -0.1) is 6.92 Å². The van der Waals surface area contributed by atoms with Crippen LogP contribution in [0.2, 0.25) is 0 Å². The molecule has 0 spiro atoms. The molecule has 0 nitrogen and oxygen atoms in total. The van der Waals surface area contributed by atoms with Crippen molar-refractivity contribution in [1.29, 1.82) is 0 Å². The van der Waals surface area contributed by atoms with Crippen LogP contribution in [-0.4, -0.2) is 0 Å². The first-order chi connectivity index (χ1) is 2.27. The normalized spacial score (nSPS) is 8.43. The van der Waals surface area contributed by atoms with Crippen LogP contribution >= 0.6 is 0 Å². The van der Waals surface area contributed by atoms with Crippen molar-refractivity contribution in [3.05, 3.63) is 25.5 Å². The van der Waals surface area contributed by atoms with Gasteiger partial charge in [0.2, 0.25) is 0 Å². The Bertz CT molecular complexity index is 44.0. The van der Waals surface area contributed by atoms with Gasteiger partial charge >= 0.3 is 37.7 Å².